The Morgan fingerprint density at radius 2 is 1.70 bits per heavy atom. The molecule has 0 radical (unpaired) electrons. The van der Waals surface area contributed by atoms with E-state index in [1.807, 2.05) is 62.4 Å². The lowest BCUT2D eigenvalue weighted by Crippen LogP contribution is -2.13. The number of hydrogen-bond acceptors (Lipinski definition) is 3. The Balaban J connectivity index is 1.75. The molecule has 3 rings (SSSR count). The van der Waals surface area contributed by atoms with Crippen LogP contribution in [0.5, 0.6) is 11.5 Å². The van der Waals surface area contributed by atoms with Gasteiger partial charge in [0.1, 0.15) is 6.61 Å². The van der Waals surface area contributed by atoms with Crippen LogP contribution in [-0.2, 0) is 6.61 Å². The van der Waals surface area contributed by atoms with Crippen LogP contribution in [0.2, 0.25) is 0 Å². The molecule has 0 saturated heterocycles. The van der Waals surface area contributed by atoms with E-state index >= 15 is 0 Å². The van der Waals surface area contributed by atoms with E-state index in [4.69, 9.17) is 9.47 Å². The smallest absolute Gasteiger partial charge is 0.255 e. The molecule has 0 aliphatic rings. The first kappa shape index (κ1) is 18.5. The fourth-order valence-electron chi connectivity index (χ4n) is 2.74. The first-order valence-corrected chi connectivity index (χ1v) is 8.81. The molecule has 3 aromatic rings. The van der Waals surface area contributed by atoms with Crippen LogP contribution in [0.25, 0.3) is 0 Å². The summed E-state index contributed by atoms with van der Waals surface area (Å²) in [5.41, 5.74) is 4.58. The monoisotopic (exact) mass is 361 g/mol. The molecule has 3 aromatic carbocycles. The van der Waals surface area contributed by atoms with Gasteiger partial charge in [-0.1, -0.05) is 42.5 Å². The summed E-state index contributed by atoms with van der Waals surface area (Å²) in [6.45, 7) is 4.45. The maximum absolute atomic E-state index is 12.6. The number of hydrogen-bond donors (Lipinski definition) is 1. The van der Waals surface area contributed by atoms with Crippen molar-refractivity contribution in [2.24, 2.45) is 0 Å². The van der Waals surface area contributed by atoms with Crippen molar-refractivity contribution < 1.29 is 14.3 Å². The summed E-state index contributed by atoms with van der Waals surface area (Å²) < 4.78 is 11.3. The van der Waals surface area contributed by atoms with E-state index in [1.54, 1.807) is 25.3 Å². The maximum atomic E-state index is 12.6. The van der Waals surface area contributed by atoms with E-state index in [-0.39, 0.29) is 5.91 Å². The predicted octanol–water partition coefficient (Wildman–Crippen LogP) is 5.14. The third kappa shape index (κ3) is 4.47. The second-order valence-electron chi connectivity index (χ2n) is 6.34. The summed E-state index contributed by atoms with van der Waals surface area (Å²) in [4.78, 5) is 12.6. The summed E-state index contributed by atoms with van der Waals surface area (Å²) in [6, 6.07) is 20.9. The lowest BCUT2D eigenvalue weighted by molar-refractivity contribution is 0.102. The molecule has 0 aromatic heterocycles. The molecule has 0 heterocycles. The van der Waals surface area contributed by atoms with Gasteiger partial charge in [0.2, 0.25) is 0 Å². The minimum Gasteiger partial charge on any atom is -0.493 e. The van der Waals surface area contributed by atoms with Crippen LogP contribution < -0.4 is 14.8 Å². The molecule has 138 valence electrons. The van der Waals surface area contributed by atoms with Gasteiger partial charge in [0, 0.05) is 11.3 Å². The van der Waals surface area contributed by atoms with Crippen molar-refractivity contribution >= 4 is 11.6 Å². The van der Waals surface area contributed by atoms with Crippen LogP contribution in [0.15, 0.2) is 66.7 Å². The second kappa shape index (κ2) is 8.41. The number of anilines is 1. The molecule has 0 atom stereocenters. The van der Waals surface area contributed by atoms with E-state index in [2.05, 4.69) is 5.32 Å². The molecule has 0 spiro atoms. The Kier molecular flexibility index (Phi) is 5.77. The Morgan fingerprint density at radius 1 is 0.926 bits per heavy atom. The minimum atomic E-state index is -0.184. The highest BCUT2D eigenvalue weighted by atomic mass is 16.5. The van der Waals surface area contributed by atoms with Crippen molar-refractivity contribution in [3.63, 3.8) is 0 Å². The first-order valence-electron chi connectivity index (χ1n) is 8.81. The summed E-state index contributed by atoms with van der Waals surface area (Å²) >= 11 is 0. The molecule has 4 heteroatoms. The summed E-state index contributed by atoms with van der Waals surface area (Å²) in [5.74, 6) is 0.945. The Morgan fingerprint density at radius 3 is 2.44 bits per heavy atom. The number of benzene rings is 3. The number of ether oxygens (including phenoxy) is 2. The lowest BCUT2D eigenvalue weighted by atomic mass is 10.1. The lowest BCUT2D eigenvalue weighted by Gasteiger charge is -2.13. The molecule has 0 bridgehead atoms. The van der Waals surface area contributed by atoms with Crippen molar-refractivity contribution in [3.8, 4) is 11.5 Å². The number of carbonyl (C=O) groups excluding carboxylic acids is 1. The predicted molar refractivity (Wildman–Crippen MR) is 108 cm³/mol. The van der Waals surface area contributed by atoms with Gasteiger partial charge >= 0.3 is 0 Å². The fraction of sp³-hybridized carbons (Fsp3) is 0.174. The molecular weight excluding hydrogens is 338 g/mol. The number of methoxy groups -OCH3 is 1. The summed E-state index contributed by atoms with van der Waals surface area (Å²) in [5, 5.41) is 2.96. The van der Waals surface area contributed by atoms with Gasteiger partial charge in [0.25, 0.3) is 5.91 Å². The number of rotatable bonds is 6. The van der Waals surface area contributed by atoms with Crippen LogP contribution in [0.4, 0.5) is 5.69 Å². The van der Waals surface area contributed by atoms with Crippen LogP contribution in [-0.4, -0.2) is 13.0 Å². The highest BCUT2D eigenvalue weighted by molar-refractivity contribution is 6.05. The Hall–Kier alpha value is -3.27. The summed E-state index contributed by atoms with van der Waals surface area (Å²) in [7, 11) is 1.57. The zero-order valence-corrected chi connectivity index (χ0v) is 15.8. The first-order chi connectivity index (χ1) is 13.1. The normalized spacial score (nSPS) is 10.3. The van der Waals surface area contributed by atoms with Gasteiger partial charge in [-0.3, -0.25) is 4.79 Å². The van der Waals surface area contributed by atoms with Gasteiger partial charge < -0.3 is 14.8 Å². The van der Waals surface area contributed by atoms with Crippen LogP contribution in [0, 0.1) is 13.8 Å². The highest BCUT2D eigenvalue weighted by Gasteiger charge is 2.13. The molecule has 0 fully saturated rings. The van der Waals surface area contributed by atoms with Crippen LogP contribution in [0.1, 0.15) is 27.0 Å². The van der Waals surface area contributed by atoms with E-state index in [0.29, 0.717) is 23.7 Å². The zero-order valence-electron chi connectivity index (χ0n) is 15.8. The number of amides is 1. The Bertz CT molecular complexity index is 936. The molecule has 0 saturated carbocycles. The van der Waals surface area contributed by atoms with E-state index in [0.717, 1.165) is 22.4 Å². The van der Waals surface area contributed by atoms with E-state index < -0.39 is 0 Å². The standard InChI is InChI=1S/C23H23NO3/c1-16-8-7-11-20(17(16)2)24-23(25)19-12-13-21(22(14-19)26-3)27-15-18-9-5-4-6-10-18/h4-14H,15H2,1-3H3,(H,24,25). The zero-order chi connectivity index (χ0) is 19.2. The van der Waals surface area contributed by atoms with Crippen molar-refractivity contribution in [2.45, 2.75) is 20.5 Å². The maximum Gasteiger partial charge on any atom is 0.255 e. The SMILES string of the molecule is COc1cc(C(=O)Nc2cccc(C)c2C)ccc1OCc1ccccc1. The average Bonchev–Trinajstić information content (AvgIpc) is 2.70. The topological polar surface area (TPSA) is 47.6 Å². The molecule has 0 aliphatic heterocycles. The van der Waals surface area contributed by atoms with E-state index in [1.165, 1.54) is 0 Å². The fourth-order valence-corrected chi connectivity index (χ4v) is 2.74. The van der Waals surface area contributed by atoms with Gasteiger partial charge in [-0.15, -0.1) is 0 Å². The van der Waals surface area contributed by atoms with Gasteiger partial charge in [0.15, 0.2) is 11.5 Å². The second-order valence-corrected chi connectivity index (χ2v) is 6.34. The van der Waals surface area contributed by atoms with Crippen LogP contribution in [0.3, 0.4) is 0 Å². The highest BCUT2D eigenvalue weighted by Crippen LogP contribution is 2.29. The number of nitrogens with one attached hydrogen (secondary N) is 1. The largest absolute Gasteiger partial charge is 0.493 e. The number of aryl methyl sites for hydroxylation is 1. The third-order valence-corrected chi connectivity index (χ3v) is 4.52. The molecule has 4 nitrogen and oxygen atoms in total. The molecule has 1 N–H and O–H groups in total. The van der Waals surface area contributed by atoms with Gasteiger partial charge in [-0.25, -0.2) is 0 Å². The van der Waals surface area contributed by atoms with Crippen molar-refractivity contribution in [3.05, 3.63) is 89.0 Å². The van der Waals surface area contributed by atoms with Gasteiger partial charge in [-0.2, -0.15) is 0 Å². The quantitative estimate of drug-likeness (QED) is 0.661. The summed E-state index contributed by atoms with van der Waals surface area (Å²) in [6.07, 6.45) is 0. The average molecular weight is 361 g/mol. The van der Waals surface area contributed by atoms with Gasteiger partial charge in [0.05, 0.1) is 7.11 Å². The van der Waals surface area contributed by atoms with Crippen LogP contribution >= 0.6 is 0 Å². The van der Waals surface area contributed by atoms with Crippen molar-refractivity contribution in [1.29, 1.82) is 0 Å². The molecule has 27 heavy (non-hydrogen) atoms. The van der Waals surface area contributed by atoms with Gasteiger partial charge in [-0.05, 0) is 54.8 Å². The van der Waals surface area contributed by atoms with Crippen molar-refractivity contribution in [1.82, 2.24) is 0 Å². The van der Waals surface area contributed by atoms with E-state index in [9.17, 15) is 4.79 Å². The molecule has 0 unspecified atom stereocenters. The number of carbonyl (C=O) groups is 1. The third-order valence-electron chi connectivity index (χ3n) is 4.52. The molecular formula is C23H23NO3. The van der Waals surface area contributed by atoms with Crippen molar-refractivity contribution in [2.75, 3.05) is 12.4 Å². The molecule has 0 aliphatic carbocycles. The Labute approximate surface area is 159 Å². The minimum absolute atomic E-state index is 0.184. The molecule has 1 amide bonds.